The largest absolute Gasteiger partial charge is 0.492 e. The number of aromatic hydroxyl groups is 2. The molecule has 5 aromatic rings. The summed E-state index contributed by atoms with van der Waals surface area (Å²) in [7, 11) is 0. The number of rotatable bonds is 5. The molecule has 0 aliphatic heterocycles. The van der Waals surface area contributed by atoms with Crippen molar-refractivity contribution in [3.63, 3.8) is 0 Å². The second-order valence-corrected chi connectivity index (χ2v) is 10.4. The van der Waals surface area contributed by atoms with Gasteiger partial charge in [0.15, 0.2) is 0 Å². The average Bonchev–Trinajstić information content (AvgIpc) is 3.54. The molecule has 2 N–H and O–H groups in total. The molecule has 9 heteroatoms. The van der Waals surface area contributed by atoms with Gasteiger partial charge in [0.25, 0.3) is 0 Å². The molecule has 0 saturated carbocycles. The van der Waals surface area contributed by atoms with Crippen LogP contribution in [0.5, 0.6) is 11.8 Å². The summed E-state index contributed by atoms with van der Waals surface area (Å²) < 4.78 is 0.687. The molecule has 0 fully saturated rings. The van der Waals surface area contributed by atoms with E-state index in [0.717, 1.165) is 9.75 Å². The second kappa shape index (κ2) is 7.77. The topological polar surface area (TPSA) is 71.7 Å². The summed E-state index contributed by atoms with van der Waals surface area (Å²) >= 11 is 6.48. The van der Waals surface area contributed by atoms with Gasteiger partial charge in [0, 0.05) is 41.4 Å². The molecule has 0 aliphatic carbocycles. The fourth-order valence-electron chi connectivity index (χ4n) is 2.83. The van der Waals surface area contributed by atoms with E-state index < -0.39 is 5.97 Å². The molecule has 5 rings (SSSR count). The van der Waals surface area contributed by atoms with E-state index in [4.69, 9.17) is 4.84 Å². The highest BCUT2D eigenvalue weighted by Crippen LogP contribution is 2.42. The van der Waals surface area contributed by atoms with Crippen molar-refractivity contribution in [3.8, 4) is 41.0 Å². The Morgan fingerprint density at radius 1 is 0.700 bits per heavy atom. The predicted octanol–water partition coefficient (Wildman–Crippen LogP) is 6.42. The minimum absolute atomic E-state index is 0.349. The van der Waals surface area contributed by atoms with E-state index in [1.807, 2.05) is 6.07 Å². The van der Waals surface area contributed by atoms with Gasteiger partial charge in [-0.25, -0.2) is 4.79 Å². The first kappa shape index (κ1) is 19.1. The molecule has 0 spiro atoms. The van der Waals surface area contributed by atoms with Crippen molar-refractivity contribution in [1.82, 2.24) is 4.73 Å². The SMILES string of the molecule is O=C(On1c(O)ccc1O)c1ccc(-c2ccc(-c3ccc(-c4cccs4)s3)s2)s1. The van der Waals surface area contributed by atoms with Gasteiger partial charge in [0.1, 0.15) is 4.88 Å². The Labute approximate surface area is 187 Å². The van der Waals surface area contributed by atoms with Crippen LogP contribution in [0.25, 0.3) is 29.3 Å². The quantitative estimate of drug-likeness (QED) is 0.310. The third-order valence-electron chi connectivity index (χ3n) is 4.24. The van der Waals surface area contributed by atoms with Crippen LogP contribution >= 0.6 is 45.3 Å². The third-order valence-corrected chi connectivity index (χ3v) is 8.93. The van der Waals surface area contributed by atoms with E-state index in [0.29, 0.717) is 9.61 Å². The molecule has 0 atom stereocenters. The normalized spacial score (nSPS) is 11.1. The monoisotopic (exact) mass is 471 g/mol. The van der Waals surface area contributed by atoms with Gasteiger partial charge < -0.3 is 15.1 Å². The van der Waals surface area contributed by atoms with Gasteiger partial charge in [-0.1, -0.05) is 6.07 Å². The zero-order valence-corrected chi connectivity index (χ0v) is 18.4. The molecule has 30 heavy (non-hydrogen) atoms. The van der Waals surface area contributed by atoms with Gasteiger partial charge in [-0.05, 0) is 47.8 Å². The molecule has 0 saturated heterocycles. The number of carbonyl (C=O) groups excluding carboxylic acids is 1. The van der Waals surface area contributed by atoms with Crippen molar-refractivity contribution in [2.75, 3.05) is 0 Å². The van der Waals surface area contributed by atoms with Gasteiger partial charge in [0.2, 0.25) is 11.8 Å². The Kier molecular flexibility index (Phi) is 4.95. The summed E-state index contributed by atoms with van der Waals surface area (Å²) in [4.78, 5) is 24.7. The first-order valence-electron chi connectivity index (χ1n) is 8.75. The van der Waals surface area contributed by atoms with Crippen molar-refractivity contribution in [2.24, 2.45) is 0 Å². The minimum atomic E-state index is -0.649. The van der Waals surface area contributed by atoms with E-state index in [2.05, 4.69) is 41.8 Å². The average molecular weight is 472 g/mol. The zero-order chi connectivity index (χ0) is 20.7. The number of nitrogens with zero attached hydrogens (tertiary/aromatic N) is 1. The Hall–Kier alpha value is -2.85. The highest BCUT2D eigenvalue weighted by atomic mass is 32.1. The molecule has 0 aliphatic rings. The lowest BCUT2D eigenvalue weighted by atomic mass is 10.3. The number of hydrogen-bond acceptors (Lipinski definition) is 8. The van der Waals surface area contributed by atoms with Crippen molar-refractivity contribution in [2.45, 2.75) is 0 Å². The van der Waals surface area contributed by atoms with Crippen molar-refractivity contribution >= 4 is 51.3 Å². The van der Waals surface area contributed by atoms with E-state index in [-0.39, 0.29) is 11.8 Å². The standard InChI is InChI=1S/C21H13NO4S4/c23-19-9-10-20(24)22(19)26-21(25)18-8-7-17(30-18)16-6-5-15(29-16)14-4-3-13(28-14)12-2-1-11-27-12/h1-11,23-24H. The summed E-state index contributed by atoms with van der Waals surface area (Å²) in [5, 5.41) is 21.3. The number of hydrogen-bond donors (Lipinski definition) is 2. The van der Waals surface area contributed by atoms with Gasteiger partial charge in [-0.3, -0.25) is 0 Å². The summed E-state index contributed by atoms with van der Waals surface area (Å²) in [6.07, 6.45) is 0. The molecule has 0 unspecified atom stereocenters. The molecular formula is C21H13NO4S4. The molecule has 5 nitrogen and oxygen atoms in total. The Bertz CT molecular complexity index is 1300. The van der Waals surface area contributed by atoms with Gasteiger partial charge in [-0.15, -0.1) is 50.1 Å². The zero-order valence-electron chi connectivity index (χ0n) is 15.1. The lowest BCUT2D eigenvalue weighted by molar-refractivity contribution is 0.0387. The molecule has 0 bridgehead atoms. The summed E-state index contributed by atoms with van der Waals surface area (Å²) in [5.41, 5.74) is 0. The molecule has 0 aromatic carbocycles. The van der Waals surface area contributed by atoms with Gasteiger partial charge in [-0.2, -0.15) is 0 Å². The fraction of sp³-hybridized carbons (Fsp3) is 0. The van der Waals surface area contributed by atoms with Crippen molar-refractivity contribution in [1.29, 1.82) is 0 Å². The molecule has 5 aromatic heterocycles. The van der Waals surface area contributed by atoms with Crippen LogP contribution < -0.4 is 4.84 Å². The van der Waals surface area contributed by atoms with Crippen LogP contribution in [0.2, 0.25) is 0 Å². The van der Waals surface area contributed by atoms with E-state index in [9.17, 15) is 15.0 Å². The Balaban J connectivity index is 1.35. The van der Waals surface area contributed by atoms with Crippen LogP contribution in [0.4, 0.5) is 0 Å². The highest BCUT2D eigenvalue weighted by Gasteiger charge is 2.17. The number of thiophene rings is 4. The van der Waals surface area contributed by atoms with Gasteiger partial charge >= 0.3 is 5.97 Å². The highest BCUT2D eigenvalue weighted by molar-refractivity contribution is 7.28. The lowest BCUT2D eigenvalue weighted by Crippen LogP contribution is -2.17. The lowest BCUT2D eigenvalue weighted by Gasteiger charge is -2.05. The van der Waals surface area contributed by atoms with Crippen molar-refractivity contribution in [3.05, 3.63) is 70.9 Å². The maximum atomic E-state index is 12.4. The van der Waals surface area contributed by atoms with Crippen LogP contribution in [0.15, 0.2) is 66.0 Å². The summed E-state index contributed by atoms with van der Waals surface area (Å²) in [6.45, 7) is 0. The van der Waals surface area contributed by atoms with E-state index in [1.165, 1.54) is 43.0 Å². The van der Waals surface area contributed by atoms with Crippen molar-refractivity contribution < 1.29 is 19.8 Å². The minimum Gasteiger partial charge on any atom is -0.492 e. The fourth-order valence-corrected chi connectivity index (χ4v) is 6.73. The number of aromatic nitrogens is 1. The van der Waals surface area contributed by atoms with Gasteiger partial charge in [0.05, 0.1) is 0 Å². The predicted molar refractivity (Wildman–Crippen MR) is 123 cm³/mol. The molecule has 150 valence electrons. The third kappa shape index (κ3) is 3.56. The Morgan fingerprint density at radius 3 is 1.80 bits per heavy atom. The van der Waals surface area contributed by atoms with Crippen LogP contribution in [0.1, 0.15) is 9.67 Å². The summed E-state index contributed by atoms with van der Waals surface area (Å²) in [5.74, 6) is -1.35. The van der Waals surface area contributed by atoms with Crippen LogP contribution in [-0.4, -0.2) is 20.9 Å². The molecule has 0 amide bonds. The van der Waals surface area contributed by atoms with E-state index in [1.54, 1.807) is 40.1 Å². The van der Waals surface area contributed by atoms with Crippen LogP contribution in [0.3, 0.4) is 0 Å². The maximum Gasteiger partial charge on any atom is 0.373 e. The van der Waals surface area contributed by atoms with Crippen LogP contribution in [-0.2, 0) is 0 Å². The first-order valence-corrected chi connectivity index (χ1v) is 12.1. The maximum absolute atomic E-state index is 12.4. The summed E-state index contributed by atoms with van der Waals surface area (Å²) in [6, 6.07) is 18.7. The Morgan fingerprint density at radius 2 is 1.23 bits per heavy atom. The van der Waals surface area contributed by atoms with Crippen LogP contribution in [0, 0.1) is 0 Å². The number of carbonyl (C=O) groups is 1. The molecular weight excluding hydrogens is 459 g/mol. The molecule has 0 radical (unpaired) electrons. The first-order chi connectivity index (χ1) is 14.6. The van der Waals surface area contributed by atoms with E-state index >= 15 is 0 Å². The molecule has 5 heterocycles. The smallest absolute Gasteiger partial charge is 0.373 e. The second-order valence-electron chi connectivity index (χ2n) is 6.19.